The van der Waals surface area contributed by atoms with Crippen LogP contribution >= 0.6 is 0 Å². The molecule has 0 saturated heterocycles. The van der Waals surface area contributed by atoms with Crippen LogP contribution in [0.5, 0.6) is 0 Å². The number of rotatable bonds is 6. The Morgan fingerprint density at radius 3 is 2.63 bits per heavy atom. The molecule has 0 radical (unpaired) electrons. The fraction of sp³-hybridized carbons (Fsp3) is 0.625. The fourth-order valence-corrected chi connectivity index (χ4v) is 3.72. The van der Waals surface area contributed by atoms with E-state index in [1.54, 1.807) is 19.2 Å². The van der Waals surface area contributed by atoms with Crippen LogP contribution in [0.15, 0.2) is 24.3 Å². The van der Waals surface area contributed by atoms with Crippen LogP contribution in [0.4, 0.5) is 4.39 Å². The van der Waals surface area contributed by atoms with Gasteiger partial charge in [-0.1, -0.05) is 18.2 Å². The van der Waals surface area contributed by atoms with Gasteiger partial charge in [0.15, 0.2) is 0 Å². The van der Waals surface area contributed by atoms with Gasteiger partial charge in [-0.05, 0) is 42.7 Å². The quantitative estimate of drug-likeness (QED) is 0.797. The summed E-state index contributed by atoms with van der Waals surface area (Å²) in [6.07, 6.45) is 4.95. The van der Waals surface area contributed by atoms with E-state index in [-0.39, 0.29) is 11.2 Å². The highest BCUT2D eigenvalue weighted by Gasteiger charge is 2.61. The first-order chi connectivity index (χ1) is 9.20. The Morgan fingerprint density at radius 1 is 1.26 bits per heavy atom. The van der Waals surface area contributed by atoms with Crippen LogP contribution in [0, 0.1) is 11.2 Å². The molecule has 2 aliphatic rings. The smallest absolute Gasteiger partial charge is 0.127 e. The monoisotopic (exact) mass is 263 g/mol. The SMILES string of the molecule is COCCNCC1(c2ccccc2F)CC2(CC2)C1. The summed E-state index contributed by atoms with van der Waals surface area (Å²) in [5, 5.41) is 3.43. The lowest BCUT2D eigenvalue weighted by Crippen LogP contribution is -2.50. The maximum atomic E-state index is 14.1. The first-order valence-electron chi connectivity index (χ1n) is 7.15. The molecular formula is C16H22FNO. The molecule has 2 aliphatic carbocycles. The van der Waals surface area contributed by atoms with Crippen molar-refractivity contribution in [2.24, 2.45) is 5.41 Å². The highest BCUT2D eigenvalue weighted by Crippen LogP contribution is 2.68. The summed E-state index contributed by atoms with van der Waals surface area (Å²) < 4.78 is 19.2. The molecular weight excluding hydrogens is 241 g/mol. The van der Waals surface area contributed by atoms with Crippen molar-refractivity contribution in [2.45, 2.75) is 31.1 Å². The number of hydrogen-bond acceptors (Lipinski definition) is 2. The third-order valence-corrected chi connectivity index (χ3v) is 4.78. The highest BCUT2D eigenvalue weighted by atomic mass is 19.1. The molecule has 2 saturated carbocycles. The Balaban J connectivity index is 1.72. The largest absolute Gasteiger partial charge is 0.383 e. The van der Waals surface area contributed by atoms with Crippen molar-refractivity contribution in [2.75, 3.05) is 26.8 Å². The van der Waals surface area contributed by atoms with Gasteiger partial charge in [0.1, 0.15) is 5.82 Å². The average Bonchev–Trinajstić information content (AvgIpc) is 3.14. The summed E-state index contributed by atoms with van der Waals surface area (Å²) in [5.41, 5.74) is 1.47. The molecule has 104 valence electrons. The van der Waals surface area contributed by atoms with Crippen LogP contribution in [0.2, 0.25) is 0 Å². The second-order valence-electron chi connectivity index (χ2n) is 6.28. The summed E-state index contributed by atoms with van der Waals surface area (Å²) >= 11 is 0. The van der Waals surface area contributed by atoms with Crippen LogP contribution in [0.3, 0.4) is 0 Å². The summed E-state index contributed by atoms with van der Waals surface area (Å²) in [6.45, 7) is 2.40. The molecule has 1 spiro atoms. The van der Waals surface area contributed by atoms with E-state index in [4.69, 9.17) is 4.74 Å². The third-order valence-electron chi connectivity index (χ3n) is 4.78. The van der Waals surface area contributed by atoms with E-state index in [9.17, 15) is 4.39 Å². The van der Waals surface area contributed by atoms with E-state index in [1.807, 2.05) is 12.1 Å². The number of methoxy groups -OCH3 is 1. The number of halogens is 1. The molecule has 2 fully saturated rings. The van der Waals surface area contributed by atoms with Crippen LogP contribution < -0.4 is 5.32 Å². The summed E-state index contributed by atoms with van der Waals surface area (Å²) in [6, 6.07) is 7.27. The summed E-state index contributed by atoms with van der Waals surface area (Å²) in [4.78, 5) is 0. The van der Waals surface area contributed by atoms with Crippen LogP contribution in [-0.2, 0) is 10.2 Å². The van der Waals surface area contributed by atoms with E-state index < -0.39 is 0 Å². The number of nitrogens with one attached hydrogen (secondary N) is 1. The lowest BCUT2D eigenvalue weighted by molar-refractivity contribution is 0.108. The minimum Gasteiger partial charge on any atom is -0.383 e. The highest BCUT2D eigenvalue weighted by molar-refractivity contribution is 5.34. The van der Waals surface area contributed by atoms with E-state index in [2.05, 4.69) is 5.32 Å². The first-order valence-corrected chi connectivity index (χ1v) is 7.15. The number of hydrogen-bond donors (Lipinski definition) is 1. The van der Waals surface area contributed by atoms with E-state index in [0.717, 1.165) is 31.5 Å². The molecule has 19 heavy (non-hydrogen) atoms. The zero-order valence-corrected chi connectivity index (χ0v) is 11.5. The third kappa shape index (κ3) is 2.41. The van der Waals surface area contributed by atoms with Gasteiger partial charge in [0, 0.05) is 25.6 Å². The molecule has 0 bridgehead atoms. The Bertz CT molecular complexity index is 448. The second-order valence-corrected chi connectivity index (χ2v) is 6.28. The van der Waals surface area contributed by atoms with E-state index in [0.29, 0.717) is 12.0 Å². The number of ether oxygens (including phenoxy) is 1. The molecule has 0 unspecified atom stereocenters. The lowest BCUT2D eigenvalue weighted by atomic mass is 9.56. The molecule has 0 amide bonds. The van der Waals surface area contributed by atoms with Crippen LogP contribution in [0.1, 0.15) is 31.2 Å². The molecule has 1 aromatic rings. The zero-order chi connectivity index (χ0) is 13.3. The van der Waals surface area contributed by atoms with Crippen molar-refractivity contribution < 1.29 is 9.13 Å². The van der Waals surface area contributed by atoms with Gasteiger partial charge in [-0.3, -0.25) is 0 Å². The van der Waals surface area contributed by atoms with Crippen LogP contribution in [0.25, 0.3) is 0 Å². The maximum Gasteiger partial charge on any atom is 0.127 e. The van der Waals surface area contributed by atoms with Crippen molar-refractivity contribution in [3.8, 4) is 0 Å². The second kappa shape index (κ2) is 4.88. The standard InChI is InChI=1S/C16H22FNO/c1-19-9-8-18-12-16(10-15(11-16)6-7-15)13-4-2-3-5-14(13)17/h2-5,18H,6-12H2,1H3. The van der Waals surface area contributed by atoms with Gasteiger partial charge < -0.3 is 10.1 Å². The minimum atomic E-state index is -0.0495. The molecule has 0 atom stereocenters. The molecule has 3 rings (SSSR count). The van der Waals surface area contributed by atoms with Crippen molar-refractivity contribution in [1.82, 2.24) is 5.32 Å². The summed E-state index contributed by atoms with van der Waals surface area (Å²) in [5.74, 6) is -0.0495. The van der Waals surface area contributed by atoms with Crippen molar-refractivity contribution >= 4 is 0 Å². The Labute approximate surface area is 114 Å². The maximum absolute atomic E-state index is 14.1. The normalized spacial score (nSPS) is 22.2. The lowest BCUT2D eigenvalue weighted by Gasteiger charge is -2.49. The molecule has 1 aromatic carbocycles. The molecule has 1 N–H and O–H groups in total. The van der Waals surface area contributed by atoms with Gasteiger partial charge >= 0.3 is 0 Å². The van der Waals surface area contributed by atoms with Crippen molar-refractivity contribution in [1.29, 1.82) is 0 Å². The zero-order valence-electron chi connectivity index (χ0n) is 11.5. The predicted octanol–water partition coefficient (Wildman–Crippen LogP) is 2.87. The first kappa shape index (κ1) is 13.1. The molecule has 0 heterocycles. The Hall–Kier alpha value is -0.930. The molecule has 3 heteroatoms. The Kier molecular flexibility index (Phi) is 3.35. The molecule has 2 nitrogen and oxygen atoms in total. The molecule has 0 aromatic heterocycles. The summed E-state index contributed by atoms with van der Waals surface area (Å²) in [7, 11) is 1.71. The molecule has 0 aliphatic heterocycles. The van der Waals surface area contributed by atoms with Gasteiger partial charge in [0.2, 0.25) is 0 Å². The predicted molar refractivity (Wildman–Crippen MR) is 73.7 cm³/mol. The Morgan fingerprint density at radius 2 is 2.00 bits per heavy atom. The van der Waals surface area contributed by atoms with Gasteiger partial charge in [-0.2, -0.15) is 0 Å². The average molecular weight is 263 g/mol. The number of benzene rings is 1. The van der Waals surface area contributed by atoms with Crippen molar-refractivity contribution in [3.63, 3.8) is 0 Å². The van der Waals surface area contributed by atoms with Crippen LogP contribution in [-0.4, -0.2) is 26.8 Å². The van der Waals surface area contributed by atoms with Gasteiger partial charge in [-0.25, -0.2) is 4.39 Å². The fourth-order valence-electron chi connectivity index (χ4n) is 3.72. The van der Waals surface area contributed by atoms with Gasteiger partial charge in [0.05, 0.1) is 6.61 Å². The van der Waals surface area contributed by atoms with Gasteiger partial charge in [-0.15, -0.1) is 0 Å². The van der Waals surface area contributed by atoms with E-state index in [1.165, 1.54) is 12.8 Å². The topological polar surface area (TPSA) is 21.3 Å². The minimum absolute atomic E-state index is 0.00951. The van der Waals surface area contributed by atoms with E-state index >= 15 is 0 Å². The van der Waals surface area contributed by atoms with Gasteiger partial charge in [0.25, 0.3) is 0 Å². The van der Waals surface area contributed by atoms with Crippen molar-refractivity contribution in [3.05, 3.63) is 35.6 Å².